The number of nitro groups is 1. The van der Waals surface area contributed by atoms with Crippen LogP contribution in [0.2, 0.25) is 0 Å². The molecule has 2 fully saturated rings. The van der Waals surface area contributed by atoms with Gasteiger partial charge in [-0.05, 0) is 30.7 Å². The van der Waals surface area contributed by atoms with Gasteiger partial charge in [0.1, 0.15) is 10.6 Å². The summed E-state index contributed by atoms with van der Waals surface area (Å²) >= 11 is 0. The van der Waals surface area contributed by atoms with Gasteiger partial charge in [-0.25, -0.2) is 8.42 Å². The Balaban J connectivity index is 1.93. The van der Waals surface area contributed by atoms with Crippen molar-refractivity contribution in [1.82, 2.24) is 4.31 Å². The first-order chi connectivity index (χ1) is 10.8. The minimum atomic E-state index is -3.76. The standard InChI is InChI=1S/C14H19N3O5S/c1-22-13-6-10(17(18)19)3-5-14(13)23(20,21)16-7-9-2-4-12(15)11(9)8-16/h3,5-6,9,11-12H,2,4,7-8,15H2,1H3. The fourth-order valence-electron chi connectivity index (χ4n) is 3.58. The predicted molar refractivity (Wildman–Crippen MR) is 82.6 cm³/mol. The Hall–Kier alpha value is -1.71. The van der Waals surface area contributed by atoms with Gasteiger partial charge in [-0.3, -0.25) is 10.1 Å². The molecule has 0 amide bonds. The largest absolute Gasteiger partial charge is 0.495 e. The van der Waals surface area contributed by atoms with Gasteiger partial charge in [0.05, 0.1) is 18.1 Å². The fraction of sp³-hybridized carbons (Fsp3) is 0.571. The van der Waals surface area contributed by atoms with E-state index in [9.17, 15) is 18.5 Å². The smallest absolute Gasteiger partial charge is 0.273 e. The van der Waals surface area contributed by atoms with Gasteiger partial charge in [-0.15, -0.1) is 0 Å². The van der Waals surface area contributed by atoms with Gasteiger partial charge in [0.15, 0.2) is 0 Å². The van der Waals surface area contributed by atoms with Crippen molar-refractivity contribution in [3.05, 3.63) is 28.3 Å². The summed E-state index contributed by atoms with van der Waals surface area (Å²) in [6.45, 7) is 0.842. The van der Waals surface area contributed by atoms with Crippen LogP contribution in [0.4, 0.5) is 5.69 Å². The first-order valence-electron chi connectivity index (χ1n) is 7.42. The molecule has 1 heterocycles. The summed E-state index contributed by atoms with van der Waals surface area (Å²) in [6.07, 6.45) is 1.87. The SMILES string of the molecule is COc1cc([N+](=O)[O-])ccc1S(=O)(=O)N1CC2CCC(N)C2C1. The van der Waals surface area contributed by atoms with E-state index in [0.29, 0.717) is 19.0 Å². The van der Waals surface area contributed by atoms with Crippen molar-refractivity contribution in [1.29, 1.82) is 0 Å². The Morgan fingerprint density at radius 2 is 2.09 bits per heavy atom. The lowest BCUT2D eigenvalue weighted by molar-refractivity contribution is -0.385. The monoisotopic (exact) mass is 341 g/mol. The van der Waals surface area contributed by atoms with Crippen molar-refractivity contribution in [2.75, 3.05) is 20.2 Å². The predicted octanol–water partition coefficient (Wildman–Crippen LogP) is 0.961. The third-order valence-electron chi connectivity index (χ3n) is 4.85. The summed E-state index contributed by atoms with van der Waals surface area (Å²) in [5.74, 6) is 0.471. The van der Waals surface area contributed by atoms with Crippen LogP contribution in [0.15, 0.2) is 23.1 Å². The molecule has 1 aromatic rings. The van der Waals surface area contributed by atoms with Crippen LogP contribution in [-0.4, -0.2) is 43.9 Å². The second-order valence-electron chi connectivity index (χ2n) is 6.08. The van der Waals surface area contributed by atoms with E-state index in [1.54, 1.807) is 0 Å². The number of nitro benzene ring substituents is 1. The van der Waals surface area contributed by atoms with Crippen LogP contribution >= 0.6 is 0 Å². The number of hydrogen-bond acceptors (Lipinski definition) is 6. The molecular weight excluding hydrogens is 322 g/mol. The quantitative estimate of drug-likeness (QED) is 0.644. The van der Waals surface area contributed by atoms with Crippen molar-refractivity contribution in [2.24, 2.45) is 17.6 Å². The zero-order valence-electron chi connectivity index (χ0n) is 12.7. The zero-order valence-corrected chi connectivity index (χ0v) is 13.5. The average molecular weight is 341 g/mol. The highest BCUT2D eigenvalue weighted by molar-refractivity contribution is 7.89. The number of benzene rings is 1. The Bertz CT molecular complexity index is 736. The first-order valence-corrected chi connectivity index (χ1v) is 8.86. The third-order valence-corrected chi connectivity index (χ3v) is 6.73. The summed E-state index contributed by atoms with van der Waals surface area (Å²) in [5.41, 5.74) is 5.84. The molecule has 1 saturated heterocycles. The second-order valence-corrected chi connectivity index (χ2v) is 7.99. The van der Waals surface area contributed by atoms with Crippen LogP contribution in [0.3, 0.4) is 0 Å². The molecular formula is C14H19N3O5S. The highest BCUT2D eigenvalue weighted by Gasteiger charge is 2.45. The van der Waals surface area contributed by atoms with Gasteiger partial charge >= 0.3 is 0 Å². The van der Waals surface area contributed by atoms with Gasteiger partial charge in [-0.2, -0.15) is 4.31 Å². The van der Waals surface area contributed by atoms with E-state index in [0.717, 1.165) is 18.9 Å². The number of nitrogens with zero attached hydrogens (tertiary/aromatic N) is 2. The molecule has 0 bridgehead atoms. The number of methoxy groups -OCH3 is 1. The molecule has 1 saturated carbocycles. The summed E-state index contributed by atoms with van der Waals surface area (Å²) in [4.78, 5) is 10.2. The average Bonchev–Trinajstić information content (AvgIpc) is 3.09. The first kappa shape index (κ1) is 16.2. The molecule has 3 atom stereocenters. The zero-order chi connectivity index (χ0) is 16.8. The third kappa shape index (κ3) is 2.68. The molecule has 2 aliphatic rings. The molecule has 2 N–H and O–H groups in total. The Labute approximate surface area is 134 Å². The van der Waals surface area contributed by atoms with Crippen molar-refractivity contribution in [3.63, 3.8) is 0 Å². The molecule has 23 heavy (non-hydrogen) atoms. The van der Waals surface area contributed by atoms with E-state index < -0.39 is 14.9 Å². The molecule has 3 rings (SSSR count). The molecule has 126 valence electrons. The molecule has 1 aromatic carbocycles. The lowest BCUT2D eigenvalue weighted by atomic mass is 9.98. The minimum absolute atomic E-state index is 0.0134. The molecule has 0 spiro atoms. The number of fused-ring (bicyclic) bond motifs is 1. The maximum atomic E-state index is 12.9. The van der Waals surface area contributed by atoms with E-state index in [4.69, 9.17) is 10.5 Å². The van der Waals surface area contributed by atoms with Crippen LogP contribution in [0.1, 0.15) is 12.8 Å². The van der Waals surface area contributed by atoms with Gasteiger partial charge in [0.25, 0.3) is 5.69 Å². The van der Waals surface area contributed by atoms with Crippen LogP contribution in [0, 0.1) is 22.0 Å². The molecule has 8 nitrogen and oxygen atoms in total. The molecule has 1 aliphatic heterocycles. The van der Waals surface area contributed by atoms with Gasteiger partial charge in [0, 0.05) is 25.2 Å². The van der Waals surface area contributed by atoms with Crippen LogP contribution in [0.5, 0.6) is 5.75 Å². The molecule has 1 aliphatic carbocycles. The summed E-state index contributed by atoms with van der Waals surface area (Å²) in [6, 6.07) is 3.59. The van der Waals surface area contributed by atoms with Gasteiger partial charge < -0.3 is 10.5 Å². The fourth-order valence-corrected chi connectivity index (χ4v) is 5.26. The maximum absolute atomic E-state index is 12.9. The number of rotatable bonds is 4. The normalized spacial score (nSPS) is 27.8. The lowest BCUT2D eigenvalue weighted by Gasteiger charge is -2.19. The number of nitrogens with two attached hydrogens (primary N) is 1. The van der Waals surface area contributed by atoms with Crippen molar-refractivity contribution in [2.45, 2.75) is 23.8 Å². The number of non-ortho nitro benzene ring substituents is 1. The molecule has 0 aromatic heterocycles. The Kier molecular flexibility index (Phi) is 4.03. The van der Waals surface area contributed by atoms with Crippen LogP contribution in [0.25, 0.3) is 0 Å². The minimum Gasteiger partial charge on any atom is -0.495 e. The summed E-state index contributed by atoms with van der Waals surface area (Å²) in [7, 11) is -2.46. The van der Waals surface area contributed by atoms with Crippen LogP contribution in [-0.2, 0) is 10.0 Å². The van der Waals surface area contributed by atoms with Crippen LogP contribution < -0.4 is 10.5 Å². The number of ether oxygens (including phenoxy) is 1. The molecule has 3 unspecified atom stereocenters. The molecule has 0 radical (unpaired) electrons. The van der Waals surface area contributed by atoms with E-state index in [1.165, 1.54) is 23.5 Å². The van der Waals surface area contributed by atoms with E-state index >= 15 is 0 Å². The number of sulfonamides is 1. The second kappa shape index (κ2) is 5.73. The molecule has 9 heteroatoms. The Morgan fingerprint density at radius 3 is 2.70 bits per heavy atom. The van der Waals surface area contributed by atoms with E-state index in [-0.39, 0.29) is 28.3 Å². The van der Waals surface area contributed by atoms with E-state index in [2.05, 4.69) is 0 Å². The van der Waals surface area contributed by atoms with Crippen molar-refractivity contribution in [3.8, 4) is 5.75 Å². The van der Waals surface area contributed by atoms with Gasteiger partial charge in [-0.1, -0.05) is 0 Å². The Morgan fingerprint density at radius 1 is 1.35 bits per heavy atom. The van der Waals surface area contributed by atoms with Crippen molar-refractivity contribution >= 4 is 15.7 Å². The lowest BCUT2D eigenvalue weighted by Crippen LogP contribution is -2.33. The highest BCUT2D eigenvalue weighted by atomic mass is 32.2. The number of hydrogen-bond donors (Lipinski definition) is 1. The summed E-state index contributed by atoms with van der Waals surface area (Å²) in [5, 5.41) is 10.8. The van der Waals surface area contributed by atoms with Gasteiger partial charge in [0.2, 0.25) is 10.0 Å². The van der Waals surface area contributed by atoms with Crippen molar-refractivity contribution < 1.29 is 18.1 Å². The summed E-state index contributed by atoms with van der Waals surface area (Å²) < 4.78 is 32.2. The maximum Gasteiger partial charge on any atom is 0.273 e. The highest BCUT2D eigenvalue weighted by Crippen LogP contribution is 2.40. The van der Waals surface area contributed by atoms with E-state index in [1.807, 2.05) is 0 Å². The topological polar surface area (TPSA) is 116 Å².